The Morgan fingerprint density at radius 1 is 0.857 bits per heavy atom. The topological polar surface area (TPSA) is 84.8 Å². The zero-order chi connectivity index (χ0) is 10.4. The standard InChI is InChI=1S/C8H20N5O/c9-1-3-11-5-12(4-2-10)7-13(6-11)8-14/h1-10H2/q-1. The summed E-state index contributed by atoms with van der Waals surface area (Å²) in [4.78, 5) is 6.17. The van der Waals surface area contributed by atoms with Crippen molar-refractivity contribution in [1.29, 1.82) is 0 Å². The lowest BCUT2D eigenvalue weighted by Gasteiger charge is -2.43. The fourth-order valence-corrected chi connectivity index (χ4v) is 1.71. The van der Waals surface area contributed by atoms with Crippen LogP contribution in [0.5, 0.6) is 0 Å². The highest BCUT2D eigenvalue weighted by Crippen LogP contribution is 2.04. The van der Waals surface area contributed by atoms with E-state index in [0.29, 0.717) is 13.1 Å². The van der Waals surface area contributed by atoms with Crippen molar-refractivity contribution in [3.63, 3.8) is 0 Å². The summed E-state index contributed by atoms with van der Waals surface area (Å²) in [5.41, 5.74) is 11.0. The third kappa shape index (κ3) is 3.49. The van der Waals surface area contributed by atoms with Gasteiger partial charge >= 0.3 is 0 Å². The molecule has 0 aromatic carbocycles. The van der Waals surface area contributed by atoms with Crippen molar-refractivity contribution in [2.45, 2.75) is 0 Å². The summed E-state index contributed by atoms with van der Waals surface area (Å²) in [6.07, 6.45) is 0. The van der Waals surface area contributed by atoms with Crippen LogP contribution in [0.3, 0.4) is 0 Å². The van der Waals surface area contributed by atoms with Gasteiger partial charge in [0.2, 0.25) is 0 Å². The van der Waals surface area contributed by atoms with Gasteiger partial charge in [0.25, 0.3) is 0 Å². The van der Waals surface area contributed by atoms with Gasteiger partial charge in [0, 0.05) is 26.2 Å². The van der Waals surface area contributed by atoms with Gasteiger partial charge in [0.15, 0.2) is 0 Å². The van der Waals surface area contributed by atoms with E-state index < -0.39 is 0 Å². The van der Waals surface area contributed by atoms with E-state index in [1.165, 1.54) is 0 Å². The first-order valence-corrected chi connectivity index (χ1v) is 4.95. The molecule has 0 aromatic rings. The molecule has 6 nitrogen and oxygen atoms in total. The average molecular weight is 202 g/mol. The minimum Gasteiger partial charge on any atom is -0.843 e. The number of hydrogen-bond donors (Lipinski definition) is 2. The van der Waals surface area contributed by atoms with E-state index in [1.807, 2.05) is 4.90 Å². The van der Waals surface area contributed by atoms with Crippen LogP contribution in [0.2, 0.25) is 0 Å². The van der Waals surface area contributed by atoms with Crippen LogP contribution in [0.25, 0.3) is 0 Å². The number of nitrogens with two attached hydrogens (primary N) is 2. The van der Waals surface area contributed by atoms with Gasteiger partial charge < -0.3 is 16.6 Å². The van der Waals surface area contributed by atoms with Crippen LogP contribution in [0.15, 0.2) is 0 Å². The number of nitrogens with zero attached hydrogens (tertiary/aromatic N) is 3. The third-order valence-corrected chi connectivity index (χ3v) is 2.27. The summed E-state index contributed by atoms with van der Waals surface area (Å²) in [6, 6.07) is 0. The Morgan fingerprint density at radius 2 is 1.29 bits per heavy atom. The maximum Gasteiger partial charge on any atom is 0.0531 e. The summed E-state index contributed by atoms with van der Waals surface area (Å²) in [5.74, 6) is 0. The Hall–Kier alpha value is -0.240. The second kappa shape index (κ2) is 6.28. The molecule has 1 aliphatic heterocycles. The van der Waals surface area contributed by atoms with Crippen LogP contribution in [0.1, 0.15) is 0 Å². The van der Waals surface area contributed by atoms with Gasteiger partial charge in [-0.3, -0.25) is 14.7 Å². The van der Waals surface area contributed by atoms with Crippen LogP contribution in [0, 0.1) is 0 Å². The van der Waals surface area contributed by atoms with Crippen molar-refractivity contribution in [2.24, 2.45) is 11.5 Å². The number of hydrogen-bond acceptors (Lipinski definition) is 6. The molecule has 1 heterocycles. The molecule has 14 heavy (non-hydrogen) atoms. The molecule has 0 amide bonds. The predicted molar refractivity (Wildman–Crippen MR) is 52.8 cm³/mol. The molecule has 0 aliphatic carbocycles. The molecule has 0 aromatic heterocycles. The Morgan fingerprint density at radius 3 is 1.64 bits per heavy atom. The first kappa shape index (κ1) is 11.8. The lowest BCUT2D eigenvalue weighted by molar-refractivity contribution is -0.408. The lowest BCUT2D eigenvalue weighted by atomic mass is 10.4. The van der Waals surface area contributed by atoms with Crippen LogP contribution in [0.4, 0.5) is 0 Å². The molecular weight excluding hydrogens is 182 g/mol. The van der Waals surface area contributed by atoms with Crippen LogP contribution >= 0.6 is 0 Å². The highest BCUT2D eigenvalue weighted by molar-refractivity contribution is 4.67. The lowest BCUT2D eigenvalue weighted by Crippen LogP contribution is -2.58. The summed E-state index contributed by atoms with van der Waals surface area (Å²) < 4.78 is 0. The predicted octanol–water partition coefficient (Wildman–Crippen LogP) is -2.99. The monoisotopic (exact) mass is 202 g/mol. The van der Waals surface area contributed by atoms with Gasteiger partial charge in [0.1, 0.15) is 0 Å². The third-order valence-electron chi connectivity index (χ3n) is 2.27. The van der Waals surface area contributed by atoms with Crippen LogP contribution < -0.4 is 16.6 Å². The van der Waals surface area contributed by atoms with Gasteiger partial charge in [0.05, 0.1) is 20.0 Å². The summed E-state index contributed by atoms with van der Waals surface area (Å²) in [7, 11) is 0. The molecule has 6 heteroatoms. The van der Waals surface area contributed by atoms with Crippen LogP contribution in [-0.4, -0.2) is 67.6 Å². The molecule has 0 spiro atoms. The fraction of sp³-hybridized carbons (Fsp3) is 1.00. The second-order valence-corrected chi connectivity index (χ2v) is 3.59. The zero-order valence-corrected chi connectivity index (χ0v) is 8.56. The SMILES string of the molecule is NCCN1CN(C[O-])CN(CCN)C1. The largest absolute Gasteiger partial charge is 0.843 e. The molecule has 0 atom stereocenters. The maximum atomic E-state index is 10.8. The van der Waals surface area contributed by atoms with Gasteiger partial charge in [-0.2, -0.15) is 0 Å². The van der Waals surface area contributed by atoms with E-state index in [1.54, 1.807) is 0 Å². The Bertz CT molecular complexity index is 143. The minimum atomic E-state index is -0.165. The second-order valence-electron chi connectivity index (χ2n) is 3.59. The van der Waals surface area contributed by atoms with E-state index >= 15 is 0 Å². The molecule has 0 radical (unpaired) electrons. The first-order valence-electron chi connectivity index (χ1n) is 4.95. The zero-order valence-electron chi connectivity index (χ0n) is 8.56. The highest BCUT2D eigenvalue weighted by atomic mass is 16.3. The van der Waals surface area contributed by atoms with Crippen LogP contribution in [-0.2, 0) is 0 Å². The Balaban J connectivity index is 2.39. The van der Waals surface area contributed by atoms with Gasteiger partial charge in [-0.1, -0.05) is 6.73 Å². The van der Waals surface area contributed by atoms with Gasteiger partial charge in [-0.05, 0) is 0 Å². The quantitative estimate of drug-likeness (QED) is 0.495. The molecule has 0 bridgehead atoms. The van der Waals surface area contributed by atoms with Crippen molar-refractivity contribution in [2.75, 3.05) is 52.9 Å². The number of rotatable bonds is 5. The molecule has 1 fully saturated rings. The Kier molecular flexibility index (Phi) is 5.31. The fourth-order valence-electron chi connectivity index (χ4n) is 1.71. The highest BCUT2D eigenvalue weighted by Gasteiger charge is 2.19. The van der Waals surface area contributed by atoms with E-state index in [-0.39, 0.29) is 6.73 Å². The summed E-state index contributed by atoms with van der Waals surface area (Å²) >= 11 is 0. The van der Waals surface area contributed by atoms with E-state index in [0.717, 1.165) is 33.1 Å². The van der Waals surface area contributed by atoms with E-state index in [9.17, 15) is 5.11 Å². The maximum absolute atomic E-state index is 10.8. The summed E-state index contributed by atoms with van der Waals surface area (Å²) in [6.45, 7) is 5.07. The van der Waals surface area contributed by atoms with Crippen molar-refractivity contribution < 1.29 is 5.11 Å². The molecule has 4 N–H and O–H groups in total. The van der Waals surface area contributed by atoms with Crippen molar-refractivity contribution >= 4 is 0 Å². The van der Waals surface area contributed by atoms with Gasteiger partial charge in [-0.15, -0.1) is 0 Å². The molecular formula is C8H20N5O-. The normalized spacial score (nSPS) is 21.6. The van der Waals surface area contributed by atoms with Crippen molar-refractivity contribution in [3.05, 3.63) is 0 Å². The molecule has 1 saturated heterocycles. The molecule has 0 unspecified atom stereocenters. The smallest absolute Gasteiger partial charge is 0.0531 e. The van der Waals surface area contributed by atoms with E-state index in [4.69, 9.17) is 11.5 Å². The van der Waals surface area contributed by atoms with E-state index in [2.05, 4.69) is 9.80 Å². The molecule has 84 valence electrons. The summed E-state index contributed by atoms with van der Waals surface area (Å²) in [5, 5.41) is 10.8. The molecule has 1 rings (SSSR count). The van der Waals surface area contributed by atoms with Gasteiger partial charge in [-0.25, -0.2) is 0 Å². The first-order chi connectivity index (χ1) is 6.80. The Labute approximate surface area is 85.0 Å². The minimum absolute atomic E-state index is 0.165. The van der Waals surface area contributed by atoms with Crippen molar-refractivity contribution in [1.82, 2.24) is 14.7 Å². The molecule has 0 saturated carbocycles. The molecule has 1 aliphatic rings. The average Bonchev–Trinajstić information content (AvgIpc) is 2.18. The van der Waals surface area contributed by atoms with Crippen molar-refractivity contribution in [3.8, 4) is 0 Å².